The maximum absolute atomic E-state index is 13.3. The van der Waals surface area contributed by atoms with E-state index in [-0.39, 0.29) is 5.69 Å². The molecule has 0 fully saturated rings. The van der Waals surface area contributed by atoms with Crippen LogP contribution in [0.25, 0.3) is 16.9 Å². The topological polar surface area (TPSA) is 43.8 Å². The van der Waals surface area contributed by atoms with Gasteiger partial charge in [-0.3, -0.25) is 4.57 Å². The van der Waals surface area contributed by atoms with Crippen LogP contribution in [0.4, 0.5) is 10.1 Å². The van der Waals surface area contributed by atoms with Gasteiger partial charge in [-0.2, -0.15) is 0 Å². The molecule has 3 rings (SSSR count). The van der Waals surface area contributed by atoms with Crippen LogP contribution in [0.5, 0.6) is 0 Å². The molecular formula is C15H11ClFN3. The molecule has 3 nitrogen and oxygen atoms in total. The van der Waals surface area contributed by atoms with Crippen molar-refractivity contribution < 1.29 is 4.39 Å². The van der Waals surface area contributed by atoms with Crippen molar-refractivity contribution in [3.05, 3.63) is 65.8 Å². The zero-order valence-corrected chi connectivity index (χ0v) is 11.2. The fourth-order valence-electron chi connectivity index (χ4n) is 2.05. The maximum Gasteiger partial charge on any atom is 0.146 e. The summed E-state index contributed by atoms with van der Waals surface area (Å²) in [5.74, 6) is -0.437. The fraction of sp³-hybridized carbons (Fsp3) is 0. The van der Waals surface area contributed by atoms with Crippen molar-refractivity contribution in [3.63, 3.8) is 0 Å². The first-order valence-corrected chi connectivity index (χ1v) is 6.37. The van der Waals surface area contributed by atoms with Gasteiger partial charge < -0.3 is 5.73 Å². The number of rotatable bonds is 2. The van der Waals surface area contributed by atoms with E-state index in [4.69, 9.17) is 17.3 Å². The zero-order chi connectivity index (χ0) is 14.1. The van der Waals surface area contributed by atoms with E-state index < -0.39 is 5.82 Å². The van der Waals surface area contributed by atoms with Crippen molar-refractivity contribution in [2.24, 2.45) is 0 Å². The monoisotopic (exact) mass is 287 g/mol. The van der Waals surface area contributed by atoms with Gasteiger partial charge in [-0.05, 0) is 24.3 Å². The molecule has 0 saturated heterocycles. The highest BCUT2D eigenvalue weighted by atomic mass is 35.5. The molecule has 0 radical (unpaired) electrons. The Morgan fingerprint density at radius 3 is 2.70 bits per heavy atom. The summed E-state index contributed by atoms with van der Waals surface area (Å²) >= 11 is 6.21. The Bertz CT molecular complexity index is 767. The molecular weight excluding hydrogens is 277 g/mol. The van der Waals surface area contributed by atoms with Gasteiger partial charge in [0.1, 0.15) is 5.82 Å². The van der Waals surface area contributed by atoms with Crippen molar-refractivity contribution in [1.29, 1.82) is 0 Å². The first-order valence-electron chi connectivity index (χ1n) is 5.99. The second-order valence-corrected chi connectivity index (χ2v) is 4.74. The van der Waals surface area contributed by atoms with E-state index in [1.165, 1.54) is 6.07 Å². The molecule has 0 aliphatic heterocycles. The summed E-state index contributed by atoms with van der Waals surface area (Å²) in [4.78, 5) is 4.14. The molecule has 20 heavy (non-hydrogen) atoms. The van der Waals surface area contributed by atoms with E-state index in [0.29, 0.717) is 5.02 Å². The summed E-state index contributed by atoms with van der Waals surface area (Å²) in [6.07, 6.45) is 3.35. The highest BCUT2D eigenvalue weighted by molar-refractivity contribution is 6.33. The molecule has 0 saturated carbocycles. The van der Waals surface area contributed by atoms with Gasteiger partial charge in [-0.1, -0.05) is 29.8 Å². The van der Waals surface area contributed by atoms with Crippen LogP contribution in [0, 0.1) is 5.82 Å². The molecule has 1 aromatic heterocycles. The Labute approximate surface area is 120 Å². The van der Waals surface area contributed by atoms with Gasteiger partial charge in [0.25, 0.3) is 0 Å². The molecule has 2 aromatic carbocycles. The summed E-state index contributed by atoms with van der Waals surface area (Å²) in [5.41, 5.74) is 8.12. The van der Waals surface area contributed by atoms with Crippen molar-refractivity contribution in [2.75, 3.05) is 5.73 Å². The van der Waals surface area contributed by atoms with Crippen molar-refractivity contribution in [1.82, 2.24) is 9.55 Å². The van der Waals surface area contributed by atoms with E-state index in [1.807, 2.05) is 28.8 Å². The number of halogens is 2. The molecule has 1 heterocycles. The maximum atomic E-state index is 13.3. The van der Waals surface area contributed by atoms with Crippen LogP contribution in [0.15, 0.2) is 55.0 Å². The van der Waals surface area contributed by atoms with Gasteiger partial charge in [-0.25, -0.2) is 9.37 Å². The van der Waals surface area contributed by atoms with Gasteiger partial charge >= 0.3 is 0 Å². The second kappa shape index (κ2) is 4.98. The average Bonchev–Trinajstić information content (AvgIpc) is 2.91. The number of nitrogens with two attached hydrogens (primary N) is 1. The normalized spacial score (nSPS) is 10.7. The van der Waals surface area contributed by atoms with Crippen LogP contribution >= 0.6 is 11.6 Å². The Morgan fingerprint density at radius 1 is 1.15 bits per heavy atom. The lowest BCUT2D eigenvalue weighted by molar-refractivity contribution is 0.632. The van der Waals surface area contributed by atoms with Crippen molar-refractivity contribution in [2.45, 2.75) is 0 Å². The lowest BCUT2D eigenvalue weighted by Crippen LogP contribution is -1.98. The fourth-order valence-corrected chi connectivity index (χ4v) is 2.28. The molecule has 5 heteroatoms. The second-order valence-electron chi connectivity index (χ2n) is 4.33. The number of nitrogens with zero attached hydrogens (tertiary/aromatic N) is 2. The van der Waals surface area contributed by atoms with E-state index in [0.717, 1.165) is 16.9 Å². The summed E-state index contributed by atoms with van der Waals surface area (Å²) < 4.78 is 15.1. The first-order chi connectivity index (χ1) is 9.66. The minimum Gasteiger partial charge on any atom is -0.396 e. The Hall–Kier alpha value is -2.33. The number of hydrogen-bond acceptors (Lipinski definition) is 2. The summed E-state index contributed by atoms with van der Waals surface area (Å²) in [6.45, 7) is 0. The van der Waals surface area contributed by atoms with E-state index in [1.54, 1.807) is 24.7 Å². The first kappa shape index (κ1) is 12.7. The highest BCUT2D eigenvalue weighted by Gasteiger charge is 2.10. The molecule has 3 aromatic rings. The highest BCUT2D eigenvalue weighted by Crippen LogP contribution is 2.29. The smallest absolute Gasteiger partial charge is 0.146 e. The summed E-state index contributed by atoms with van der Waals surface area (Å²) in [7, 11) is 0. The largest absolute Gasteiger partial charge is 0.396 e. The van der Waals surface area contributed by atoms with Gasteiger partial charge in [0, 0.05) is 16.3 Å². The van der Waals surface area contributed by atoms with Crippen molar-refractivity contribution in [3.8, 4) is 16.9 Å². The number of anilines is 1. The average molecular weight is 288 g/mol. The summed E-state index contributed by atoms with van der Waals surface area (Å²) in [6, 6.07) is 12.0. The molecule has 0 amide bonds. The van der Waals surface area contributed by atoms with Crippen LogP contribution in [-0.4, -0.2) is 9.55 Å². The number of nitrogen functional groups attached to an aromatic ring is 1. The molecule has 0 unspecified atom stereocenters. The lowest BCUT2D eigenvalue weighted by atomic mass is 10.1. The van der Waals surface area contributed by atoms with Crippen LogP contribution in [0.2, 0.25) is 5.02 Å². The molecule has 100 valence electrons. The van der Waals surface area contributed by atoms with Crippen LogP contribution in [-0.2, 0) is 0 Å². The molecule has 0 bridgehead atoms. The Kier molecular flexibility index (Phi) is 3.16. The molecule has 0 aliphatic rings. The summed E-state index contributed by atoms with van der Waals surface area (Å²) in [5, 5.41) is 0.629. The molecule has 0 aliphatic carbocycles. The lowest BCUT2D eigenvalue weighted by Gasteiger charge is -2.10. The van der Waals surface area contributed by atoms with Gasteiger partial charge in [0.05, 0.1) is 23.9 Å². The number of aromatic nitrogens is 2. The minimum atomic E-state index is -0.437. The predicted molar refractivity (Wildman–Crippen MR) is 78.4 cm³/mol. The van der Waals surface area contributed by atoms with Crippen LogP contribution in [0.1, 0.15) is 0 Å². The number of hydrogen-bond donors (Lipinski definition) is 1. The Balaban J connectivity index is 2.15. The molecule has 0 spiro atoms. The number of benzene rings is 2. The van der Waals surface area contributed by atoms with Crippen LogP contribution < -0.4 is 5.73 Å². The van der Waals surface area contributed by atoms with Crippen molar-refractivity contribution >= 4 is 17.3 Å². The minimum absolute atomic E-state index is 0.0984. The third kappa shape index (κ3) is 2.14. The Morgan fingerprint density at radius 2 is 1.95 bits per heavy atom. The number of imidazole rings is 1. The standard InChI is InChI=1S/C15H11ClFN3/c16-12-4-2-1-3-11(12)15-8-19-9-20(15)10-5-6-13(17)14(18)7-10/h1-9H,18H2. The quantitative estimate of drug-likeness (QED) is 0.726. The van der Waals surface area contributed by atoms with Gasteiger partial charge in [0.15, 0.2) is 0 Å². The predicted octanol–water partition coefficient (Wildman–Crippen LogP) is 3.91. The third-order valence-corrected chi connectivity index (χ3v) is 3.38. The molecule has 2 N–H and O–H groups in total. The van der Waals surface area contributed by atoms with Gasteiger partial charge in [-0.15, -0.1) is 0 Å². The van der Waals surface area contributed by atoms with Crippen LogP contribution in [0.3, 0.4) is 0 Å². The zero-order valence-electron chi connectivity index (χ0n) is 10.4. The third-order valence-electron chi connectivity index (χ3n) is 3.05. The van der Waals surface area contributed by atoms with Gasteiger partial charge in [0.2, 0.25) is 0 Å². The van der Waals surface area contributed by atoms with E-state index in [2.05, 4.69) is 4.98 Å². The van der Waals surface area contributed by atoms with E-state index >= 15 is 0 Å². The SMILES string of the molecule is Nc1cc(-n2cncc2-c2ccccc2Cl)ccc1F. The van der Waals surface area contributed by atoms with E-state index in [9.17, 15) is 4.39 Å². The molecule has 0 atom stereocenters.